The summed E-state index contributed by atoms with van der Waals surface area (Å²) in [4.78, 5) is 30.2. The van der Waals surface area contributed by atoms with Gasteiger partial charge in [-0.15, -0.1) is 0 Å². The number of carbonyl (C=O) groups is 2. The quantitative estimate of drug-likeness (QED) is 0.421. The van der Waals surface area contributed by atoms with E-state index >= 15 is 0 Å². The van der Waals surface area contributed by atoms with Crippen molar-refractivity contribution in [3.05, 3.63) is 69.0 Å². The zero-order chi connectivity index (χ0) is 28.2. The molecule has 2 N–H and O–H groups in total. The van der Waals surface area contributed by atoms with E-state index in [-0.39, 0.29) is 24.1 Å². The molecule has 2 heterocycles. The predicted octanol–water partition coefficient (Wildman–Crippen LogP) is 6.54. The van der Waals surface area contributed by atoms with Gasteiger partial charge in [0.05, 0.1) is 6.10 Å². The number of ether oxygens (including phenoxy) is 2. The lowest BCUT2D eigenvalue weighted by Crippen LogP contribution is -2.42. The Morgan fingerprint density at radius 2 is 1.82 bits per heavy atom. The van der Waals surface area contributed by atoms with Gasteiger partial charge < -0.3 is 20.1 Å². The SMILES string of the molecule is Cc1cc2c(c(C)n1)CNC(=O)c1cc(Cl)cc(O[C@H]3CC[C@H](NC(=O)OC(C)(C)C)CC3)c1C/C=C/CC2. The van der Waals surface area contributed by atoms with Crippen molar-refractivity contribution in [1.29, 1.82) is 0 Å². The summed E-state index contributed by atoms with van der Waals surface area (Å²) in [6.07, 6.45) is 9.38. The minimum Gasteiger partial charge on any atom is -0.490 e. The maximum atomic E-state index is 13.4. The molecule has 1 aliphatic carbocycles. The Morgan fingerprint density at radius 3 is 2.54 bits per heavy atom. The van der Waals surface area contributed by atoms with Crippen molar-refractivity contribution < 1.29 is 19.1 Å². The number of amides is 2. The molecule has 1 aromatic heterocycles. The molecule has 0 spiro atoms. The molecule has 1 saturated carbocycles. The number of nitrogens with zero attached hydrogens (tertiary/aromatic N) is 1. The summed E-state index contributed by atoms with van der Waals surface area (Å²) >= 11 is 6.50. The van der Waals surface area contributed by atoms with E-state index in [0.29, 0.717) is 29.3 Å². The van der Waals surface area contributed by atoms with E-state index in [0.717, 1.165) is 61.0 Å². The fraction of sp³-hybridized carbons (Fsp3) is 0.516. The molecule has 210 valence electrons. The van der Waals surface area contributed by atoms with Crippen LogP contribution in [0.4, 0.5) is 4.79 Å². The maximum absolute atomic E-state index is 13.4. The number of hydrogen-bond donors (Lipinski definition) is 2. The van der Waals surface area contributed by atoms with Gasteiger partial charge in [0.2, 0.25) is 0 Å². The lowest BCUT2D eigenvalue weighted by Gasteiger charge is -2.31. The summed E-state index contributed by atoms with van der Waals surface area (Å²) < 4.78 is 11.9. The van der Waals surface area contributed by atoms with E-state index in [1.807, 2.05) is 40.7 Å². The van der Waals surface area contributed by atoms with E-state index in [4.69, 9.17) is 21.1 Å². The highest BCUT2D eigenvalue weighted by Gasteiger charge is 2.27. The highest BCUT2D eigenvalue weighted by atomic mass is 35.5. The summed E-state index contributed by atoms with van der Waals surface area (Å²) in [6.45, 7) is 9.97. The van der Waals surface area contributed by atoms with Crippen LogP contribution in [0.25, 0.3) is 0 Å². The normalized spacial score (nSPS) is 20.8. The van der Waals surface area contributed by atoms with Gasteiger partial charge in [0.25, 0.3) is 5.91 Å². The number of allylic oxidation sites excluding steroid dienone is 2. The smallest absolute Gasteiger partial charge is 0.407 e. The van der Waals surface area contributed by atoms with Crippen molar-refractivity contribution in [2.75, 3.05) is 0 Å². The number of aryl methyl sites for hydroxylation is 3. The molecule has 2 aliphatic rings. The van der Waals surface area contributed by atoms with Crippen LogP contribution in [-0.4, -0.2) is 34.7 Å². The average molecular weight is 554 g/mol. The van der Waals surface area contributed by atoms with E-state index < -0.39 is 5.60 Å². The van der Waals surface area contributed by atoms with Gasteiger partial charge in [-0.1, -0.05) is 23.8 Å². The summed E-state index contributed by atoms with van der Waals surface area (Å²) in [7, 11) is 0. The molecule has 0 saturated heterocycles. The number of alkyl carbamates (subject to hydrolysis) is 1. The molecule has 2 aromatic rings. The molecule has 0 unspecified atom stereocenters. The predicted molar refractivity (Wildman–Crippen MR) is 154 cm³/mol. The standard InChI is InChI=1S/C31H40ClN3O4/c1-19-15-21-9-7-6-8-10-25-26(29(36)33-18-27(21)20(2)34-19)16-22(32)17-28(25)38-24-13-11-23(12-14-24)35-30(37)39-31(3,4)5/h6,8,15-17,23-24H,7,9-14,18H2,1-5H3,(H,33,36)(H,35,37)/b8-6+/t23-,24-. The van der Waals surface area contributed by atoms with Gasteiger partial charge in [-0.3, -0.25) is 9.78 Å². The summed E-state index contributed by atoms with van der Waals surface area (Å²) in [5.41, 5.74) is 5.06. The molecule has 4 rings (SSSR count). The maximum Gasteiger partial charge on any atom is 0.407 e. The molecule has 1 aromatic carbocycles. The van der Waals surface area contributed by atoms with E-state index in [9.17, 15) is 9.59 Å². The number of pyridine rings is 1. The summed E-state index contributed by atoms with van der Waals surface area (Å²) in [6, 6.07) is 5.70. The second-order valence-corrected chi connectivity index (χ2v) is 12.0. The van der Waals surface area contributed by atoms with Crippen LogP contribution < -0.4 is 15.4 Å². The fourth-order valence-electron chi connectivity index (χ4n) is 5.33. The minimum atomic E-state index is -0.525. The first-order valence-electron chi connectivity index (χ1n) is 13.9. The van der Waals surface area contributed by atoms with Crippen LogP contribution in [0, 0.1) is 13.8 Å². The second-order valence-electron chi connectivity index (χ2n) is 11.6. The zero-order valence-corrected chi connectivity index (χ0v) is 24.4. The Bertz CT molecular complexity index is 1240. The molecule has 39 heavy (non-hydrogen) atoms. The summed E-state index contributed by atoms with van der Waals surface area (Å²) in [5, 5.41) is 6.54. The van der Waals surface area contributed by atoms with Crippen molar-refractivity contribution in [3.8, 4) is 5.75 Å². The number of hydrogen-bond acceptors (Lipinski definition) is 5. The van der Waals surface area contributed by atoms with Crippen molar-refractivity contribution in [2.45, 2.75) is 104 Å². The zero-order valence-electron chi connectivity index (χ0n) is 23.7. The Kier molecular flexibility index (Phi) is 9.21. The average Bonchev–Trinajstić information content (AvgIpc) is 2.83. The van der Waals surface area contributed by atoms with Crippen molar-refractivity contribution in [2.24, 2.45) is 0 Å². The number of fused-ring (bicyclic) bond motifs is 2. The number of halogens is 1. The van der Waals surface area contributed by atoms with Gasteiger partial charge in [0.15, 0.2) is 0 Å². The molecule has 7 nitrogen and oxygen atoms in total. The lowest BCUT2D eigenvalue weighted by atomic mass is 9.92. The largest absolute Gasteiger partial charge is 0.490 e. The Labute approximate surface area is 236 Å². The molecular formula is C31H40ClN3O4. The van der Waals surface area contributed by atoms with Crippen LogP contribution in [0.15, 0.2) is 30.4 Å². The van der Waals surface area contributed by atoms with Crippen LogP contribution in [0.5, 0.6) is 5.75 Å². The number of carbonyl (C=O) groups excluding carboxylic acids is 2. The third-order valence-corrected chi connectivity index (χ3v) is 7.37. The van der Waals surface area contributed by atoms with Crippen LogP contribution in [0.2, 0.25) is 5.02 Å². The third kappa shape index (κ3) is 7.98. The third-order valence-electron chi connectivity index (χ3n) is 7.15. The van der Waals surface area contributed by atoms with Crippen LogP contribution >= 0.6 is 11.6 Å². The van der Waals surface area contributed by atoms with Crippen molar-refractivity contribution >= 4 is 23.6 Å². The number of rotatable bonds is 3. The fourth-order valence-corrected chi connectivity index (χ4v) is 5.54. The lowest BCUT2D eigenvalue weighted by molar-refractivity contribution is 0.0470. The number of benzene rings is 1. The minimum absolute atomic E-state index is 0.0264. The number of aromatic nitrogens is 1. The van der Waals surface area contributed by atoms with E-state index in [1.165, 1.54) is 5.56 Å². The van der Waals surface area contributed by atoms with Gasteiger partial charge in [-0.2, -0.15) is 0 Å². The van der Waals surface area contributed by atoms with Crippen molar-refractivity contribution in [1.82, 2.24) is 15.6 Å². The van der Waals surface area contributed by atoms with Crippen molar-refractivity contribution in [3.63, 3.8) is 0 Å². The topological polar surface area (TPSA) is 89.5 Å². The van der Waals surface area contributed by atoms with Crippen LogP contribution in [-0.2, 0) is 24.1 Å². The first-order valence-corrected chi connectivity index (χ1v) is 14.2. The molecule has 8 heteroatoms. The second kappa shape index (κ2) is 12.4. The molecule has 0 atom stereocenters. The summed E-state index contributed by atoms with van der Waals surface area (Å²) in [5.74, 6) is 0.467. The van der Waals surface area contributed by atoms with Gasteiger partial charge in [-0.25, -0.2) is 4.79 Å². The van der Waals surface area contributed by atoms with Gasteiger partial charge >= 0.3 is 6.09 Å². The van der Waals surface area contributed by atoms with Gasteiger partial charge in [0, 0.05) is 40.1 Å². The molecule has 1 fully saturated rings. The molecule has 0 radical (unpaired) electrons. The highest BCUT2D eigenvalue weighted by molar-refractivity contribution is 6.31. The van der Waals surface area contributed by atoms with Crippen LogP contribution in [0.3, 0.4) is 0 Å². The monoisotopic (exact) mass is 553 g/mol. The molecule has 1 aliphatic heterocycles. The van der Waals surface area contributed by atoms with Gasteiger partial charge in [0.1, 0.15) is 11.4 Å². The van der Waals surface area contributed by atoms with Crippen LogP contribution in [0.1, 0.15) is 91.3 Å². The Balaban J connectivity index is 1.49. The first kappa shape index (κ1) is 28.9. The Morgan fingerprint density at radius 1 is 1.08 bits per heavy atom. The number of nitrogens with one attached hydrogen (secondary N) is 2. The van der Waals surface area contributed by atoms with E-state index in [2.05, 4.69) is 33.8 Å². The highest BCUT2D eigenvalue weighted by Crippen LogP contribution is 2.33. The molecular weight excluding hydrogens is 514 g/mol. The Hall–Kier alpha value is -3.06. The van der Waals surface area contributed by atoms with Gasteiger partial charge in [-0.05, 0) is 109 Å². The first-order chi connectivity index (χ1) is 18.5. The van der Waals surface area contributed by atoms with E-state index in [1.54, 1.807) is 6.07 Å². The molecule has 2 amide bonds. The molecule has 0 bridgehead atoms.